The molecular weight excluding hydrogens is 362 g/mol. The summed E-state index contributed by atoms with van der Waals surface area (Å²) in [5.41, 5.74) is 13.9. The predicted octanol–water partition coefficient (Wildman–Crippen LogP) is 8.88. The van der Waals surface area contributed by atoms with Gasteiger partial charge < -0.3 is 0 Å². The molecule has 3 rings (SSSR count). The summed E-state index contributed by atoms with van der Waals surface area (Å²) in [5, 5.41) is 0. The fourth-order valence-electron chi connectivity index (χ4n) is 4.83. The Balaban J connectivity index is 2.36. The lowest BCUT2D eigenvalue weighted by atomic mass is 9.80. The molecule has 1 heteroatoms. The first kappa shape index (κ1) is 22.5. The normalized spacial score (nSPS) is 17.3. The monoisotopic (exact) mass is 401 g/mol. The molecule has 0 spiro atoms. The van der Waals surface area contributed by atoms with Gasteiger partial charge in [-0.2, -0.15) is 0 Å². The molecule has 1 unspecified atom stereocenters. The lowest BCUT2D eigenvalue weighted by molar-refractivity contribution is 0.807. The van der Waals surface area contributed by atoms with E-state index in [4.69, 9.17) is 4.98 Å². The Morgan fingerprint density at radius 1 is 0.800 bits per heavy atom. The molecule has 0 bridgehead atoms. The summed E-state index contributed by atoms with van der Waals surface area (Å²) in [7, 11) is 0. The van der Waals surface area contributed by atoms with Crippen LogP contribution in [0.25, 0.3) is 16.7 Å². The number of pyridine rings is 1. The van der Waals surface area contributed by atoms with Crippen LogP contribution < -0.4 is 0 Å². The maximum atomic E-state index is 4.98. The number of hydrogen-bond acceptors (Lipinski definition) is 1. The van der Waals surface area contributed by atoms with Gasteiger partial charge in [-0.1, -0.05) is 72.2 Å². The second-order valence-corrected chi connectivity index (χ2v) is 10.0. The molecule has 2 aromatic rings. The molecule has 30 heavy (non-hydrogen) atoms. The third-order valence-electron chi connectivity index (χ3n) is 7.11. The summed E-state index contributed by atoms with van der Waals surface area (Å²) in [6.45, 7) is 23.0. The second-order valence-electron chi connectivity index (χ2n) is 10.0. The van der Waals surface area contributed by atoms with Gasteiger partial charge >= 0.3 is 0 Å². The lowest BCUT2D eigenvalue weighted by Crippen LogP contribution is -2.07. The molecule has 1 aliphatic rings. The SMILES string of the molecule is CC1=C(C)C(C)C(c2ncccc2-c2c(C(C)C)cc(C(C)C)cc2C(C)C)=C1C. The van der Waals surface area contributed by atoms with Crippen LogP contribution in [0.15, 0.2) is 47.2 Å². The molecule has 0 saturated heterocycles. The van der Waals surface area contributed by atoms with E-state index in [1.54, 1.807) is 0 Å². The summed E-state index contributed by atoms with van der Waals surface area (Å²) in [6, 6.07) is 9.29. The third kappa shape index (κ3) is 3.80. The third-order valence-corrected chi connectivity index (χ3v) is 7.11. The van der Waals surface area contributed by atoms with Gasteiger partial charge in [0.1, 0.15) is 0 Å². The van der Waals surface area contributed by atoms with Crippen molar-refractivity contribution in [3.05, 3.63) is 69.6 Å². The van der Waals surface area contributed by atoms with Crippen molar-refractivity contribution in [3.63, 3.8) is 0 Å². The van der Waals surface area contributed by atoms with Crippen LogP contribution in [0.3, 0.4) is 0 Å². The molecule has 0 amide bonds. The van der Waals surface area contributed by atoms with Crippen LogP contribution >= 0.6 is 0 Å². The van der Waals surface area contributed by atoms with Gasteiger partial charge in [0.2, 0.25) is 0 Å². The van der Waals surface area contributed by atoms with E-state index < -0.39 is 0 Å². The van der Waals surface area contributed by atoms with E-state index in [1.807, 2.05) is 6.20 Å². The highest BCUT2D eigenvalue weighted by atomic mass is 14.7. The molecule has 1 aliphatic carbocycles. The van der Waals surface area contributed by atoms with Crippen molar-refractivity contribution in [3.8, 4) is 11.1 Å². The van der Waals surface area contributed by atoms with Gasteiger partial charge in [0.15, 0.2) is 0 Å². The van der Waals surface area contributed by atoms with Gasteiger partial charge in [-0.3, -0.25) is 4.98 Å². The van der Waals surface area contributed by atoms with Crippen molar-refractivity contribution < 1.29 is 0 Å². The molecule has 0 radical (unpaired) electrons. The summed E-state index contributed by atoms with van der Waals surface area (Å²) < 4.78 is 0. The Bertz CT molecular complexity index is 985. The van der Waals surface area contributed by atoms with Crippen molar-refractivity contribution in [1.29, 1.82) is 0 Å². The molecule has 0 aliphatic heterocycles. The van der Waals surface area contributed by atoms with Gasteiger partial charge in [-0.25, -0.2) is 0 Å². The smallest absolute Gasteiger partial charge is 0.0748 e. The molecule has 0 N–H and O–H groups in total. The standard InChI is InChI=1S/C29H39N/c1-16(2)23-14-25(17(3)4)28(26(15-23)18(5)6)24-12-11-13-30-29(24)27-21(9)19(7)20(8)22(27)10/h11-18,21H,1-10H3. The van der Waals surface area contributed by atoms with E-state index >= 15 is 0 Å². The first-order valence-corrected chi connectivity index (χ1v) is 11.6. The molecule has 0 fully saturated rings. The largest absolute Gasteiger partial charge is 0.256 e. The molecule has 1 aromatic heterocycles. The van der Waals surface area contributed by atoms with Gasteiger partial charge in [0.25, 0.3) is 0 Å². The number of rotatable bonds is 5. The first-order valence-electron chi connectivity index (χ1n) is 11.6. The summed E-state index contributed by atoms with van der Waals surface area (Å²) in [4.78, 5) is 4.98. The topological polar surface area (TPSA) is 12.9 Å². The Kier molecular flexibility index (Phi) is 6.41. The molecule has 160 valence electrons. The zero-order valence-corrected chi connectivity index (χ0v) is 20.6. The van der Waals surface area contributed by atoms with Crippen molar-refractivity contribution in [2.75, 3.05) is 0 Å². The van der Waals surface area contributed by atoms with Crippen LogP contribution in [-0.2, 0) is 0 Å². The van der Waals surface area contributed by atoms with Gasteiger partial charge in [0.05, 0.1) is 5.69 Å². The fourth-order valence-corrected chi connectivity index (χ4v) is 4.83. The summed E-state index contributed by atoms with van der Waals surface area (Å²) in [6.07, 6.45) is 1.96. The van der Waals surface area contributed by atoms with Crippen LogP contribution in [0.5, 0.6) is 0 Å². The van der Waals surface area contributed by atoms with Crippen molar-refractivity contribution in [2.45, 2.75) is 87.0 Å². The Morgan fingerprint density at radius 2 is 1.37 bits per heavy atom. The second kappa shape index (κ2) is 8.53. The van der Waals surface area contributed by atoms with E-state index in [2.05, 4.69) is 93.5 Å². The Morgan fingerprint density at radius 3 is 1.80 bits per heavy atom. The highest BCUT2D eigenvalue weighted by Crippen LogP contribution is 2.47. The average molecular weight is 402 g/mol. The van der Waals surface area contributed by atoms with E-state index in [0.717, 1.165) is 0 Å². The molecule has 1 nitrogen and oxygen atoms in total. The van der Waals surface area contributed by atoms with Crippen molar-refractivity contribution >= 4 is 5.57 Å². The van der Waals surface area contributed by atoms with Crippen molar-refractivity contribution in [1.82, 2.24) is 4.98 Å². The fraction of sp³-hybridized carbons (Fsp3) is 0.483. The lowest BCUT2D eigenvalue weighted by Gasteiger charge is -2.25. The number of nitrogens with zero attached hydrogens (tertiary/aromatic N) is 1. The summed E-state index contributed by atoms with van der Waals surface area (Å²) >= 11 is 0. The predicted molar refractivity (Wildman–Crippen MR) is 132 cm³/mol. The van der Waals surface area contributed by atoms with E-state index in [0.29, 0.717) is 23.7 Å². The molecule has 1 atom stereocenters. The van der Waals surface area contributed by atoms with Gasteiger partial charge in [-0.15, -0.1) is 0 Å². The number of benzene rings is 1. The number of allylic oxidation sites excluding steroid dienone is 4. The number of aromatic nitrogens is 1. The quantitative estimate of drug-likeness (QED) is 0.487. The Labute approximate surface area is 184 Å². The zero-order valence-electron chi connectivity index (χ0n) is 20.6. The van der Waals surface area contributed by atoms with Crippen LogP contribution in [0.4, 0.5) is 0 Å². The minimum atomic E-state index is 0.415. The molecule has 0 saturated carbocycles. The van der Waals surface area contributed by atoms with Crippen LogP contribution in [0, 0.1) is 5.92 Å². The average Bonchev–Trinajstić information content (AvgIpc) is 2.89. The van der Waals surface area contributed by atoms with Crippen LogP contribution in [0.1, 0.15) is 109 Å². The van der Waals surface area contributed by atoms with E-state index in [9.17, 15) is 0 Å². The van der Waals surface area contributed by atoms with E-state index in [-0.39, 0.29) is 0 Å². The number of hydrogen-bond donors (Lipinski definition) is 0. The minimum Gasteiger partial charge on any atom is -0.256 e. The first-order chi connectivity index (χ1) is 14.1. The molecule has 1 heterocycles. The summed E-state index contributed by atoms with van der Waals surface area (Å²) in [5.74, 6) is 1.86. The highest BCUT2D eigenvalue weighted by molar-refractivity contribution is 5.88. The zero-order chi connectivity index (χ0) is 22.3. The molecule has 1 aromatic carbocycles. The maximum Gasteiger partial charge on any atom is 0.0748 e. The maximum absolute atomic E-state index is 4.98. The highest BCUT2D eigenvalue weighted by Gasteiger charge is 2.29. The minimum absolute atomic E-state index is 0.415. The Hall–Kier alpha value is -2.15. The van der Waals surface area contributed by atoms with E-state index in [1.165, 1.54) is 55.8 Å². The van der Waals surface area contributed by atoms with Gasteiger partial charge in [0, 0.05) is 17.7 Å². The molecular formula is C29H39N. The van der Waals surface area contributed by atoms with Crippen LogP contribution in [-0.4, -0.2) is 4.98 Å². The van der Waals surface area contributed by atoms with Gasteiger partial charge in [-0.05, 0) is 83.6 Å². The van der Waals surface area contributed by atoms with Crippen molar-refractivity contribution in [2.24, 2.45) is 5.92 Å². The van der Waals surface area contributed by atoms with Crippen LogP contribution in [0.2, 0.25) is 0 Å².